The number of benzene rings is 1. The van der Waals surface area contributed by atoms with Crippen molar-refractivity contribution in [2.24, 2.45) is 5.92 Å². The van der Waals surface area contributed by atoms with Crippen molar-refractivity contribution < 1.29 is 13.2 Å². The zero-order chi connectivity index (χ0) is 20.0. The Kier molecular flexibility index (Phi) is 8.09. The SMILES string of the molecule is CCN(CC)S(=O)(=O)c1ccc(Cl)c(C(=O)NCC(C)CN2CCCC2)c1. The number of nitrogens with zero attached hydrogens (tertiary/aromatic N) is 2. The summed E-state index contributed by atoms with van der Waals surface area (Å²) in [5, 5.41) is 3.14. The van der Waals surface area contributed by atoms with Crippen molar-refractivity contribution in [2.75, 3.05) is 39.3 Å². The number of rotatable bonds is 9. The minimum atomic E-state index is -3.63. The van der Waals surface area contributed by atoms with E-state index in [1.54, 1.807) is 13.8 Å². The van der Waals surface area contributed by atoms with Crippen LogP contribution in [-0.2, 0) is 10.0 Å². The molecule has 27 heavy (non-hydrogen) atoms. The largest absolute Gasteiger partial charge is 0.352 e. The van der Waals surface area contributed by atoms with E-state index in [0.717, 1.165) is 19.6 Å². The number of sulfonamides is 1. The monoisotopic (exact) mass is 415 g/mol. The number of carbonyl (C=O) groups is 1. The summed E-state index contributed by atoms with van der Waals surface area (Å²) in [5.41, 5.74) is 0.193. The van der Waals surface area contributed by atoms with Crippen LogP contribution in [0.2, 0.25) is 5.02 Å². The third kappa shape index (κ3) is 5.67. The fourth-order valence-corrected chi connectivity index (χ4v) is 5.07. The number of halogens is 1. The van der Waals surface area contributed by atoms with Crippen LogP contribution in [-0.4, -0.2) is 62.8 Å². The zero-order valence-corrected chi connectivity index (χ0v) is 17.9. The Morgan fingerprint density at radius 3 is 2.48 bits per heavy atom. The van der Waals surface area contributed by atoms with Gasteiger partial charge in [-0.25, -0.2) is 8.42 Å². The van der Waals surface area contributed by atoms with Gasteiger partial charge in [-0.3, -0.25) is 4.79 Å². The lowest BCUT2D eigenvalue weighted by molar-refractivity contribution is 0.0945. The summed E-state index contributed by atoms with van der Waals surface area (Å²) in [6, 6.07) is 4.29. The number of likely N-dealkylation sites (tertiary alicyclic amines) is 1. The summed E-state index contributed by atoms with van der Waals surface area (Å²) < 4.78 is 26.7. The second-order valence-corrected chi connectivity index (χ2v) is 9.40. The van der Waals surface area contributed by atoms with Crippen molar-refractivity contribution >= 4 is 27.5 Å². The van der Waals surface area contributed by atoms with Crippen LogP contribution in [0, 0.1) is 5.92 Å². The summed E-state index contributed by atoms with van der Waals surface area (Å²) in [6.07, 6.45) is 2.48. The fraction of sp³-hybridized carbons (Fsp3) is 0.632. The zero-order valence-electron chi connectivity index (χ0n) is 16.4. The first kappa shape index (κ1) is 22.1. The fourth-order valence-electron chi connectivity index (χ4n) is 3.38. The van der Waals surface area contributed by atoms with Gasteiger partial charge in [0.25, 0.3) is 5.91 Å². The molecule has 1 aliphatic rings. The van der Waals surface area contributed by atoms with Crippen molar-refractivity contribution in [3.63, 3.8) is 0 Å². The summed E-state index contributed by atoms with van der Waals surface area (Å²) in [5.74, 6) is -0.0294. The molecule has 1 aromatic rings. The Morgan fingerprint density at radius 1 is 1.26 bits per heavy atom. The van der Waals surface area contributed by atoms with Crippen molar-refractivity contribution in [1.82, 2.24) is 14.5 Å². The van der Waals surface area contributed by atoms with Crippen LogP contribution < -0.4 is 5.32 Å². The van der Waals surface area contributed by atoms with Gasteiger partial charge >= 0.3 is 0 Å². The summed E-state index contributed by atoms with van der Waals surface area (Å²) >= 11 is 6.16. The Morgan fingerprint density at radius 2 is 1.89 bits per heavy atom. The second-order valence-electron chi connectivity index (χ2n) is 7.05. The van der Waals surface area contributed by atoms with Gasteiger partial charge in [-0.05, 0) is 50.0 Å². The van der Waals surface area contributed by atoms with Crippen LogP contribution in [0.25, 0.3) is 0 Å². The number of hydrogen-bond donors (Lipinski definition) is 1. The highest BCUT2D eigenvalue weighted by atomic mass is 35.5. The quantitative estimate of drug-likeness (QED) is 0.673. The highest BCUT2D eigenvalue weighted by Crippen LogP contribution is 2.23. The Bertz CT molecular complexity index is 745. The lowest BCUT2D eigenvalue weighted by atomic mass is 10.1. The van der Waals surface area contributed by atoms with E-state index in [4.69, 9.17) is 11.6 Å². The van der Waals surface area contributed by atoms with Crippen LogP contribution >= 0.6 is 11.6 Å². The highest BCUT2D eigenvalue weighted by Gasteiger charge is 2.24. The van der Waals surface area contributed by atoms with Crippen LogP contribution in [0.15, 0.2) is 23.1 Å². The van der Waals surface area contributed by atoms with Crippen LogP contribution in [0.1, 0.15) is 44.0 Å². The lowest BCUT2D eigenvalue weighted by Gasteiger charge is -2.21. The highest BCUT2D eigenvalue weighted by molar-refractivity contribution is 7.89. The molecule has 6 nitrogen and oxygen atoms in total. The van der Waals surface area contributed by atoms with Gasteiger partial charge in [-0.15, -0.1) is 0 Å². The predicted molar refractivity (Wildman–Crippen MR) is 109 cm³/mol. The molecule has 0 aromatic heterocycles. The molecule has 1 saturated heterocycles. The molecule has 1 unspecified atom stereocenters. The van der Waals surface area contributed by atoms with Gasteiger partial charge in [0.1, 0.15) is 0 Å². The third-order valence-corrected chi connectivity index (χ3v) is 7.28. The normalized spacial score (nSPS) is 16.6. The topological polar surface area (TPSA) is 69.7 Å². The molecule has 1 aliphatic heterocycles. The van der Waals surface area contributed by atoms with Crippen molar-refractivity contribution in [1.29, 1.82) is 0 Å². The van der Waals surface area contributed by atoms with Crippen LogP contribution in [0.3, 0.4) is 0 Å². The molecule has 1 atom stereocenters. The van der Waals surface area contributed by atoms with Crippen molar-refractivity contribution in [2.45, 2.75) is 38.5 Å². The van der Waals surface area contributed by atoms with E-state index in [2.05, 4.69) is 17.1 Å². The number of carbonyl (C=O) groups excluding carboxylic acids is 1. The maximum absolute atomic E-state index is 12.7. The summed E-state index contributed by atoms with van der Waals surface area (Å²) in [4.78, 5) is 15.1. The third-order valence-electron chi connectivity index (χ3n) is 4.91. The molecule has 8 heteroatoms. The first-order valence-corrected chi connectivity index (χ1v) is 11.4. The van der Waals surface area contributed by atoms with Gasteiger partial charge in [0.15, 0.2) is 0 Å². The van der Waals surface area contributed by atoms with E-state index in [1.807, 2.05) is 0 Å². The van der Waals surface area contributed by atoms with E-state index in [1.165, 1.54) is 35.3 Å². The first-order valence-electron chi connectivity index (χ1n) is 9.59. The average Bonchev–Trinajstić information content (AvgIpc) is 3.13. The van der Waals surface area contributed by atoms with Gasteiger partial charge in [-0.1, -0.05) is 32.4 Å². The van der Waals surface area contributed by atoms with Crippen molar-refractivity contribution in [3.8, 4) is 0 Å². The average molecular weight is 416 g/mol. The summed E-state index contributed by atoms with van der Waals surface area (Å²) in [7, 11) is -3.63. The molecule has 1 fully saturated rings. The molecule has 1 heterocycles. The number of amides is 1. The molecule has 152 valence electrons. The molecular formula is C19H30ClN3O3S. The lowest BCUT2D eigenvalue weighted by Crippen LogP contribution is -2.35. The smallest absolute Gasteiger partial charge is 0.252 e. The number of nitrogens with one attached hydrogen (secondary N) is 1. The maximum atomic E-state index is 12.7. The second kappa shape index (κ2) is 9.87. The molecule has 0 spiro atoms. The molecule has 1 N–H and O–H groups in total. The van der Waals surface area contributed by atoms with E-state index in [9.17, 15) is 13.2 Å². The summed E-state index contributed by atoms with van der Waals surface area (Å²) in [6.45, 7) is 10.1. The molecule has 0 radical (unpaired) electrons. The molecule has 1 amide bonds. The van der Waals surface area contributed by atoms with E-state index in [0.29, 0.717) is 25.6 Å². The Hall–Kier alpha value is -1.15. The molecule has 2 rings (SSSR count). The van der Waals surface area contributed by atoms with Crippen molar-refractivity contribution in [3.05, 3.63) is 28.8 Å². The Balaban J connectivity index is 2.07. The molecule has 0 saturated carbocycles. The van der Waals surface area contributed by atoms with E-state index < -0.39 is 10.0 Å². The Labute approximate surface area is 167 Å². The molecular weight excluding hydrogens is 386 g/mol. The predicted octanol–water partition coefficient (Wildman–Crippen LogP) is 2.83. The minimum absolute atomic E-state index is 0.0888. The standard InChI is InChI=1S/C19H30ClN3O3S/c1-4-23(5-2)27(25,26)16-8-9-18(20)17(12-16)19(24)21-13-15(3)14-22-10-6-7-11-22/h8-9,12,15H,4-7,10-11,13-14H2,1-3H3,(H,21,24). The van der Waals surface area contributed by atoms with Gasteiger partial charge in [0, 0.05) is 26.2 Å². The van der Waals surface area contributed by atoms with Gasteiger partial charge < -0.3 is 10.2 Å². The van der Waals surface area contributed by atoms with Gasteiger partial charge in [0.2, 0.25) is 10.0 Å². The first-order chi connectivity index (χ1) is 12.8. The maximum Gasteiger partial charge on any atom is 0.252 e. The van der Waals surface area contributed by atoms with Gasteiger partial charge in [0.05, 0.1) is 15.5 Å². The van der Waals surface area contributed by atoms with Crippen LogP contribution in [0.5, 0.6) is 0 Å². The minimum Gasteiger partial charge on any atom is -0.352 e. The molecule has 1 aromatic carbocycles. The van der Waals surface area contributed by atoms with Crippen LogP contribution in [0.4, 0.5) is 0 Å². The molecule has 0 aliphatic carbocycles. The van der Waals surface area contributed by atoms with E-state index >= 15 is 0 Å². The molecule has 0 bridgehead atoms. The number of hydrogen-bond acceptors (Lipinski definition) is 4. The van der Waals surface area contributed by atoms with Gasteiger partial charge in [-0.2, -0.15) is 4.31 Å². The van der Waals surface area contributed by atoms with E-state index in [-0.39, 0.29) is 21.4 Å².